The molecule has 3 rings (SSSR count). The molecule has 0 aliphatic rings. The molecule has 0 radical (unpaired) electrons. The summed E-state index contributed by atoms with van der Waals surface area (Å²) in [5.74, 6) is -0.142. The van der Waals surface area contributed by atoms with Gasteiger partial charge in [-0.25, -0.2) is 4.98 Å². The van der Waals surface area contributed by atoms with Crippen molar-refractivity contribution in [2.45, 2.75) is 0 Å². The maximum atomic E-state index is 11.1. The van der Waals surface area contributed by atoms with Gasteiger partial charge in [0.15, 0.2) is 5.65 Å². The smallest absolute Gasteiger partial charge is 0.250 e. The molecule has 21 heavy (non-hydrogen) atoms. The third-order valence-corrected chi connectivity index (χ3v) is 3.46. The fraction of sp³-hybridized carbons (Fsp3) is 0. The van der Waals surface area contributed by atoms with Crippen molar-refractivity contribution in [2.24, 2.45) is 5.73 Å². The average molecular weight is 322 g/mol. The first kappa shape index (κ1) is 13.7. The molecule has 0 bridgehead atoms. The number of aromatic nitrogens is 3. The monoisotopic (exact) mass is 321 g/mol. The van der Waals surface area contributed by atoms with Gasteiger partial charge in [0, 0.05) is 6.20 Å². The van der Waals surface area contributed by atoms with Crippen LogP contribution in [0.25, 0.3) is 11.2 Å². The molecule has 0 atom stereocenters. The molecule has 0 aliphatic carbocycles. The number of hydrogen-bond donors (Lipinski definition) is 3. The first-order valence-corrected chi connectivity index (χ1v) is 6.67. The number of nitrogens with one attached hydrogen (secondary N) is 2. The fourth-order valence-corrected chi connectivity index (χ4v) is 2.32. The van der Waals surface area contributed by atoms with Gasteiger partial charge in [0.25, 0.3) is 0 Å². The Kier molecular flexibility index (Phi) is 3.40. The van der Waals surface area contributed by atoms with Crippen molar-refractivity contribution in [1.29, 1.82) is 0 Å². The van der Waals surface area contributed by atoms with Gasteiger partial charge >= 0.3 is 0 Å². The van der Waals surface area contributed by atoms with Crippen LogP contribution in [0.1, 0.15) is 10.4 Å². The summed E-state index contributed by atoms with van der Waals surface area (Å²) in [5, 5.41) is 3.92. The first-order chi connectivity index (χ1) is 10.0. The van der Waals surface area contributed by atoms with Crippen molar-refractivity contribution in [2.75, 3.05) is 5.32 Å². The standard InChI is InChI=1S/C13H9Cl2N5O/c14-7-2-1-3-8(15)10(7)19-13-18-9-4-6(11(16)21)5-17-12(9)20-13/h1-5H,(H2,16,21)(H2,17,18,19,20). The Morgan fingerprint density at radius 1 is 1.29 bits per heavy atom. The quantitative estimate of drug-likeness (QED) is 0.690. The van der Waals surface area contributed by atoms with Gasteiger partial charge in [-0.3, -0.25) is 4.79 Å². The molecular weight excluding hydrogens is 313 g/mol. The molecular formula is C13H9Cl2N5O. The third kappa shape index (κ3) is 2.63. The number of H-pyrrole nitrogens is 1. The van der Waals surface area contributed by atoms with Gasteiger partial charge < -0.3 is 16.0 Å². The van der Waals surface area contributed by atoms with Crippen LogP contribution in [0.5, 0.6) is 0 Å². The van der Waals surface area contributed by atoms with Crippen LogP contribution < -0.4 is 11.1 Å². The van der Waals surface area contributed by atoms with E-state index in [0.29, 0.717) is 38.4 Å². The minimum atomic E-state index is -0.553. The van der Waals surface area contributed by atoms with E-state index in [4.69, 9.17) is 28.9 Å². The van der Waals surface area contributed by atoms with Gasteiger partial charge in [-0.1, -0.05) is 29.3 Å². The lowest BCUT2D eigenvalue weighted by atomic mass is 10.2. The number of aromatic amines is 1. The van der Waals surface area contributed by atoms with Crippen molar-refractivity contribution in [3.8, 4) is 0 Å². The summed E-state index contributed by atoms with van der Waals surface area (Å²) in [4.78, 5) is 22.4. The van der Waals surface area contributed by atoms with E-state index in [9.17, 15) is 4.79 Å². The van der Waals surface area contributed by atoms with Crippen LogP contribution in [0.3, 0.4) is 0 Å². The van der Waals surface area contributed by atoms with Crippen LogP contribution in [0.2, 0.25) is 10.0 Å². The highest BCUT2D eigenvalue weighted by Crippen LogP contribution is 2.32. The lowest BCUT2D eigenvalue weighted by Gasteiger charge is -2.06. The van der Waals surface area contributed by atoms with Crippen LogP contribution >= 0.6 is 23.2 Å². The van der Waals surface area contributed by atoms with Crippen molar-refractivity contribution in [1.82, 2.24) is 15.0 Å². The molecule has 4 N–H and O–H groups in total. The molecule has 0 spiro atoms. The zero-order valence-electron chi connectivity index (χ0n) is 10.5. The van der Waals surface area contributed by atoms with E-state index in [0.717, 1.165) is 0 Å². The normalized spacial score (nSPS) is 10.8. The Balaban J connectivity index is 2.00. The maximum Gasteiger partial charge on any atom is 0.250 e. The average Bonchev–Trinajstić information content (AvgIpc) is 2.84. The number of fused-ring (bicyclic) bond motifs is 1. The van der Waals surface area contributed by atoms with Crippen LogP contribution in [0.15, 0.2) is 30.5 Å². The molecule has 0 saturated carbocycles. The number of hydrogen-bond acceptors (Lipinski definition) is 4. The number of imidazole rings is 1. The van der Waals surface area contributed by atoms with E-state index in [-0.39, 0.29) is 0 Å². The van der Waals surface area contributed by atoms with Gasteiger partial charge in [0.2, 0.25) is 11.9 Å². The summed E-state index contributed by atoms with van der Waals surface area (Å²) < 4.78 is 0. The molecule has 0 aliphatic heterocycles. The van der Waals surface area contributed by atoms with E-state index in [1.165, 1.54) is 6.20 Å². The van der Waals surface area contributed by atoms with Gasteiger partial charge in [-0.05, 0) is 18.2 Å². The van der Waals surface area contributed by atoms with Crippen molar-refractivity contribution >= 4 is 51.9 Å². The van der Waals surface area contributed by atoms with E-state index in [2.05, 4.69) is 20.3 Å². The Bertz CT molecular complexity index is 825. The SMILES string of the molecule is NC(=O)c1cnc2nc(Nc3c(Cl)cccc3Cl)[nH]c2c1. The van der Waals surface area contributed by atoms with Gasteiger partial charge in [-0.15, -0.1) is 0 Å². The number of nitrogens with zero attached hydrogens (tertiary/aromatic N) is 2. The molecule has 6 nitrogen and oxygen atoms in total. The molecule has 8 heteroatoms. The Morgan fingerprint density at radius 3 is 2.67 bits per heavy atom. The summed E-state index contributed by atoms with van der Waals surface area (Å²) in [5.41, 5.74) is 7.08. The molecule has 2 aromatic heterocycles. The second-order valence-corrected chi connectivity index (χ2v) is 5.08. The second kappa shape index (κ2) is 5.23. The number of primary amides is 1. The van der Waals surface area contributed by atoms with Crippen LogP contribution in [0, 0.1) is 0 Å². The molecule has 0 fully saturated rings. The third-order valence-electron chi connectivity index (χ3n) is 2.83. The van der Waals surface area contributed by atoms with Gasteiger partial charge in [0.05, 0.1) is 26.8 Å². The highest BCUT2D eigenvalue weighted by atomic mass is 35.5. The molecule has 1 amide bonds. The van der Waals surface area contributed by atoms with Crippen LogP contribution in [0.4, 0.5) is 11.6 Å². The summed E-state index contributed by atoms with van der Waals surface area (Å²) in [6.07, 6.45) is 1.37. The zero-order valence-corrected chi connectivity index (χ0v) is 12.0. The highest BCUT2D eigenvalue weighted by molar-refractivity contribution is 6.39. The van der Waals surface area contributed by atoms with Gasteiger partial charge in [-0.2, -0.15) is 4.98 Å². The van der Waals surface area contributed by atoms with Crippen molar-refractivity contribution in [3.63, 3.8) is 0 Å². The van der Waals surface area contributed by atoms with E-state index >= 15 is 0 Å². The van der Waals surface area contributed by atoms with Crippen LogP contribution in [-0.2, 0) is 0 Å². The summed E-state index contributed by atoms with van der Waals surface area (Å²) in [6.45, 7) is 0. The Hall–Kier alpha value is -2.31. The lowest BCUT2D eigenvalue weighted by molar-refractivity contribution is 0.1000. The Morgan fingerprint density at radius 2 is 2.00 bits per heavy atom. The number of pyridine rings is 1. The molecule has 3 aromatic rings. The molecule has 2 heterocycles. The minimum Gasteiger partial charge on any atom is -0.366 e. The number of carbonyl (C=O) groups is 1. The zero-order chi connectivity index (χ0) is 15.0. The van der Waals surface area contributed by atoms with Crippen molar-refractivity contribution < 1.29 is 4.79 Å². The van der Waals surface area contributed by atoms with Gasteiger partial charge in [0.1, 0.15) is 0 Å². The number of nitrogens with two attached hydrogens (primary N) is 1. The Labute approximate surface area is 129 Å². The summed E-state index contributed by atoms with van der Waals surface area (Å²) in [7, 11) is 0. The summed E-state index contributed by atoms with van der Waals surface area (Å²) >= 11 is 12.2. The number of amides is 1. The predicted molar refractivity (Wildman–Crippen MR) is 82.2 cm³/mol. The number of rotatable bonds is 3. The molecule has 0 unspecified atom stereocenters. The number of benzene rings is 1. The van der Waals surface area contributed by atoms with Crippen LogP contribution in [-0.4, -0.2) is 20.9 Å². The predicted octanol–water partition coefficient (Wildman–Crippen LogP) is 3.11. The number of para-hydroxylation sites is 1. The highest BCUT2D eigenvalue weighted by Gasteiger charge is 2.10. The second-order valence-electron chi connectivity index (χ2n) is 4.27. The van der Waals surface area contributed by atoms with E-state index in [1.54, 1.807) is 24.3 Å². The fourth-order valence-electron chi connectivity index (χ4n) is 1.83. The maximum absolute atomic E-state index is 11.1. The molecule has 0 saturated heterocycles. The first-order valence-electron chi connectivity index (χ1n) is 5.91. The lowest BCUT2D eigenvalue weighted by Crippen LogP contribution is -2.10. The number of halogens is 2. The minimum absolute atomic E-state index is 0.300. The number of anilines is 2. The van der Waals surface area contributed by atoms with E-state index in [1.807, 2.05) is 0 Å². The van der Waals surface area contributed by atoms with E-state index < -0.39 is 5.91 Å². The topological polar surface area (TPSA) is 96.7 Å². The molecule has 106 valence electrons. The number of carbonyl (C=O) groups excluding carboxylic acids is 1. The largest absolute Gasteiger partial charge is 0.366 e. The van der Waals surface area contributed by atoms with Crippen molar-refractivity contribution in [3.05, 3.63) is 46.1 Å². The molecule has 1 aromatic carbocycles. The summed E-state index contributed by atoms with van der Waals surface area (Å²) in [6, 6.07) is 6.75.